The average Bonchev–Trinajstić information content (AvgIpc) is 3.20. The zero-order valence-electron chi connectivity index (χ0n) is 18.6. The van der Waals surface area contributed by atoms with Crippen LogP contribution in [0.25, 0.3) is 23.1 Å². The van der Waals surface area contributed by atoms with E-state index in [1.54, 1.807) is 0 Å². The van der Waals surface area contributed by atoms with Crippen molar-refractivity contribution in [3.63, 3.8) is 0 Å². The highest BCUT2D eigenvalue weighted by molar-refractivity contribution is 5.99. The molecule has 6 nitrogen and oxygen atoms in total. The summed E-state index contributed by atoms with van der Waals surface area (Å²) in [4.78, 5) is 16.7. The number of amides is 1. The molecule has 0 unspecified atom stereocenters. The lowest BCUT2D eigenvalue weighted by Gasteiger charge is -2.32. The maximum absolute atomic E-state index is 11.8. The fourth-order valence-corrected chi connectivity index (χ4v) is 4.04. The standard InChI is InChI=1S/C25H31N5O/c1-4-24(31)26-21-10-11-23-25(18(21)2)22(27-28-23)9-8-19-6-5-7-20(16-19)17-30-14-12-29(3)13-15-30/h5-11,16H,4,12-15,17H2,1-3H3,(H,26,31)(H,27,28). The number of aryl methyl sites for hydroxylation is 1. The van der Waals surface area contributed by atoms with E-state index in [0.29, 0.717) is 6.42 Å². The number of anilines is 1. The molecule has 0 saturated carbocycles. The van der Waals surface area contributed by atoms with Crippen LogP contribution in [0.15, 0.2) is 36.4 Å². The zero-order chi connectivity index (χ0) is 21.8. The Hall–Kier alpha value is -2.96. The molecule has 0 spiro atoms. The predicted molar refractivity (Wildman–Crippen MR) is 128 cm³/mol. The molecular weight excluding hydrogens is 386 g/mol. The number of aromatic amines is 1. The molecule has 4 rings (SSSR count). The summed E-state index contributed by atoms with van der Waals surface area (Å²) >= 11 is 0. The van der Waals surface area contributed by atoms with Crippen molar-refractivity contribution < 1.29 is 4.79 Å². The second-order valence-corrected chi connectivity index (χ2v) is 8.33. The van der Waals surface area contributed by atoms with Gasteiger partial charge in [-0.2, -0.15) is 5.10 Å². The molecule has 0 bridgehead atoms. The number of carbonyl (C=O) groups excluding carboxylic acids is 1. The summed E-state index contributed by atoms with van der Waals surface area (Å²) in [6.45, 7) is 9.36. The largest absolute Gasteiger partial charge is 0.326 e. The molecule has 1 amide bonds. The van der Waals surface area contributed by atoms with Gasteiger partial charge in [-0.15, -0.1) is 0 Å². The van der Waals surface area contributed by atoms with E-state index in [0.717, 1.165) is 66.1 Å². The Morgan fingerprint density at radius 3 is 2.74 bits per heavy atom. The fourth-order valence-electron chi connectivity index (χ4n) is 4.04. The Kier molecular flexibility index (Phi) is 6.49. The molecular formula is C25H31N5O. The molecule has 6 heteroatoms. The maximum atomic E-state index is 11.8. The van der Waals surface area contributed by atoms with Crippen molar-refractivity contribution in [2.45, 2.75) is 26.8 Å². The first-order valence-electron chi connectivity index (χ1n) is 11.0. The smallest absolute Gasteiger partial charge is 0.224 e. The molecule has 3 aromatic rings. The fraction of sp³-hybridized carbons (Fsp3) is 0.360. The molecule has 1 aliphatic heterocycles. The van der Waals surface area contributed by atoms with Gasteiger partial charge in [-0.3, -0.25) is 14.8 Å². The highest BCUT2D eigenvalue weighted by Crippen LogP contribution is 2.28. The summed E-state index contributed by atoms with van der Waals surface area (Å²) in [7, 11) is 2.18. The van der Waals surface area contributed by atoms with Crippen LogP contribution in [-0.2, 0) is 11.3 Å². The zero-order valence-corrected chi connectivity index (χ0v) is 18.6. The monoisotopic (exact) mass is 417 g/mol. The lowest BCUT2D eigenvalue weighted by atomic mass is 10.0. The van der Waals surface area contributed by atoms with Crippen molar-refractivity contribution in [1.82, 2.24) is 20.0 Å². The third kappa shape index (κ3) is 5.03. The predicted octanol–water partition coefficient (Wildman–Crippen LogP) is 4.14. The van der Waals surface area contributed by atoms with E-state index in [1.165, 1.54) is 5.56 Å². The number of fused-ring (bicyclic) bond motifs is 1. The van der Waals surface area contributed by atoms with Gasteiger partial charge in [0.2, 0.25) is 5.91 Å². The Morgan fingerprint density at radius 2 is 1.97 bits per heavy atom. The van der Waals surface area contributed by atoms with E-state index in [-0.39, 0.29) is 5.91 Å². The lowest BCUT2D eigenvalue weighted by molar-refractivity contribution is -0.115. The first kappa shape index (κ1) is 21.3. The number of hydrogen-bond acceptors (Lipinski definition) is 4. The average molecular weight is 418 g/mol. The summed E-state index contributed by atoms with van der Waals surface area (Å²) in [6.07, 6.45) is 4.62. The van der Waals surface area contributed by atoms with E-state index >= 15 is 0 Å². The molecule has 1 fully saturated rings. The minimum absolute atomic E-state index is 0.0141. The molecule has 0 aliphatic carbocycles. The summed E-state index contributed by atoms with van der Waals surface area (Å²) < 4.78 is 0. The molecule has 2 N–H and O–H groups in total. The number of aromatic nitrogens is 2. The van der Waals surface area contributed by atoms with Crippen molar-refractivity contribution >= 4 is 34.6 Å². The molecule has 0 radical (unpaired) electrons. The number of nitrogens with zero attached hydrogens (tertiary/aromatic N) is 3. The quantitative estimate of drug-likeness (QED) is 0.633. The van der Waals surface area contributed by atoms with Crippen LogP contribution >= 0.6 is 0 Å². The molecule has 1 aliphatic rings. The molecule has 0 atom stereocenters. The van der Waals surface area contributed by atoms with Crippen LogP contribution in [0.4, 0.5) is 5.69 Å². The third-order valence-corrected chi connectivity index (χ3v) is 6.00. The Balaban J connectivity index is 1.53. The van der Waals surface area contributed by atoms with Gasteiger partial charge < -0.3 is 10.2 Å². The van der Waals surface area contributed by atoms with Crippen molar-refractivity contribution in [1.29, 1.82) is 0 Å². The highest BCUT2D eigenvalue weighted by Gasteiger charge is 2.14. The molecule has 31 heavy (non-hydrogen) atoms. The van der Waals surface area contributed by atoms with Gasteiger partial charge >= 0.3 is 0 Å². The Labute approximate surface area is 183 Å². The van der Waals surface area contributed by atoms with Crippen molar-refractivity contribution in [3.05, 3.63) is 58.8 Å². The summed E-state index contributed by atoms with van der Waals surface area (Å²) in [5.41, 5.74) is 6.20. The number of hydrogen-bond donors (Lipinski definition) is 2. The molecule has 1 saturated heterocycles. The van der Waals surface area contributed by atoms with E-state index in [4.69, 9.17) is 0 Å². The van der Waals surface area contributed by atoms with Gasteiger partial charge in [0.1, 0.15) is 0 Å². The van der Waals surface area contributed by atoms with Crippen LogP contribution < -0.4 is 5.32 Å². The van der Waals surface area contributed by atoms with Gasteiger partial charge in [-0.1, -0.05) is 37.3 Å². The number of rotatable bonds is 6. The number of H-pyrrole nitrogens is 1. The minimum Gasteiger partial charge on any atom is -0.326 e. The normalized spacial score (nSPS) is 15.7. The van der Waals surface area contributed by atoms with E-state index in [9.17, 15) is 4.79 Å². The van der Waals surface area contributed by atoms with Gasteiger partial charge in [0.25, 0.3) is 0 Å². The summed E-state index contributed by atoms with van der Waals surface area (Å²) in [6, 6.07) is 12.6. The Morgan fingerprint density at radius 1 is 1.16 bits per heavy atom. The topological polar surface area (TPSA) is 64.3 Å². The van der Waals surface area contributed by atoms with Crippen LogP contribution in [0.3, 0.4) is 0 Å². The van der Waals surface area contributed by atoms with Gasteiger partial charge in [0, 0.05) is 50.2 Å². The van der Waals surface area contributed by atoms with Gasteiger partial charge in [-0.05, 0) is 48.9 Å². The van der Waals surface area contributed by atoms with E-state index < -0.39 is 0 Å². The molecule has 162 valence electrons. The first-order valence-corrected chi connectivity index (χ1v) is 11.0. The summed E-state index contributed by atoms with van der Waals surface area (Å²) in [5, 5.41) is 11.6. The number of likely N-dealkylation sites (N-methyl/N-ethyl adjacent to an activating group) is 1. The van der Waals surface area contributed by atoms with Crippen LogP contribution in [0.1, 0.15) is 35.7 Å². The van der Waals surface area contributed by atoms with Crippen molar-refractivity contribution in [2.24, 2.45) is 0 Å². The maximum Gasteiger partial charge on any atom is 0.224 e. The number of piperazine rings is 1. The number of benzene rings is 2. The van der Waals surface area contributed by atoms with Crippen LogP contribution in [0.2, 0.25) is 0 Å². The second kappa shape index (κ2) is 9.45. The van der Waals surface area contributed by atoms with E-state index in [2.05, 4.69) is 62.7 Å². The SMILES string of the molecule is CCC(=O)Nc1ccc2[nH]nc(C=Cc3cccc(CN4CCN(C)CC4)c3)c2c1C. The van der Waals surface area contributed by atoms with Crippen LogP contribution in [0.5, 0.6) is 0 Å². The van der Waals surface area contributed by atoms with Gasteiger partial charge in [0.05, 0.1) is 11.2 Å². The first-order chi connectivity index (χ1) is 15.0. The van der Waals surface area contributed by atoms with Crippen LogP contribution in [-0.4, -0.2) is 59.1 Å². The Bertz CT molecular complexity index is 1090. The highest BCUT2D eigenvalue weighted by atomic mass is 16.1. The van der Waals surface area contributed by atoms with E-state index in [1.807, 2.05) is 32.1 Å². The molecule has 1 aromatic heterocycles. The summed E-state index contributed by atoms with van der Waals surface area (Å²) in [5.74, 6) is 0.0141. The number of nitrogens with one attached hydrogen (secondary N) is 2. The van der Waals surface area contributed by atoms with Gasteiger partial charge in [-0.25, -0.2) is 0 Å². The minimum atomic E-state index is 0.0141. The second-order valence-electron chi connectivity index (χ2n) is 8.33. The number of carbonyl (C=O) groups is 1. The van der Waals surface area contributed by atoms with Crippen molar-refractivity contribution in [2.75, 3.05) is 38.5 Å². The van der Waals surface area contributed by atoms with Crippen LogP contribution in [0, 0.1) is 6.92 Å². The molecule has 2 aromatic carbocycles. The van der Waals surface area contributed by atoms with Gasteiger partial charge in [0.15, 0.2) is 0 Å². The molecule has 2 heterocycles. The third-order valence-electron chi connectivity index (χ3n) is 6.00. The van der Waals surface area contributed by atoms with Crippen molar-refractivity contribution in [3.8, 4) is 0 Å². The lowest BCUT2D eigenvalue weighted by Crippen LogP contribution is -2.43.